The van der Waals surface area contributed by atoms with Crippen molar-refractivity contribution in [2.45, 2.75) is 13.8 Å². The minimum absolute atomic E-state index is 0.285. The van der Waals surface area contributed by atoms with Crippen LogP contribution in [-0.4, -0.2) is 31.5 Å². The van der Waals surface area contributed by atoms with Crippen molar-refractivity contribution in [2.75, 3.05) is 20.1 Å². The van der Waals surface area contributed by atoms with Crippen LogP contribution in [0.2, 0.25) is 0 Å². The molecule has 2 N–H and O–H groups in total. The third-order valence-corrected chi connectivity index (χ3v) is 1.62. The summed E-state index contributed by atoms with van der Waals surface area (Å²) in [5, 5.41) is 12.0. The molecule has 0 aliphatic rings. The van der Waals surface area contributed by atoms with Crippen molar-refractivity contribution in [3.8, 4) is 5.75 Å². The van der Waals surface area contributed by atoms with Gasteiger partial charge in [-0.05, 0) is 36.9 Å². The summed E-state index contributed by atoms with van der Waals surface area (Å²) in [6.45, 7) is 5.66. The Morgan fingerprint density at radius 1 is 1.27 bits per heavy atom. The highest BCUT2D eigenvalue weighted by atomic mass is 16.3. The van der Waals surface area contributed by atoms with Gasteiger partial charge in [0.15, 0.2) is 0 Å². The van der Waals surface area contributed by atoms with Gasteiger partial charge in [-0.25, -0.2) is 0 Å². The fraction of sp³-hybridized carbons (Fsp3) is 0.417. The maximum absolute atomic E-state index is 9.01. The molecule has 0 spiro atoms. The normalized spacial score (nSPS) is 9.80. The maximum atomic E-state index is 9.01. The molecule has 1 aromatic rings. The maximum Gasteiger partial charge on any atom is 0.115 e. The van der Waals surface area contributed by atoms with Crippen molar-refractivity contribution in [1.82, 2.24) is 5.32 Å². The number of aromatic hydroxyl groups is 1. The lowest BCUT2D eigenvalue weighted by Gasteiger charge is -1.94. The van der Waals surface area contributed by atoms with E-state index in [1.165, 1.54) is 0 Å². The zero-order valence-electron chi connectivity index (χ0n) is 9.70. The number of nitrogens with one attached hydrogen (secondary N) is 1. The van der Waals surface area contributed by atoms with E-state index in [1.807, 2.05) is 33.0 Å². The molecule has 0 saturated heterocycles. The zero-order chi connectivity index (χ0) is 11.5. The van der Waals surface area contributed by atoms with Crippen LogP contribution in [-0.2, 0) is 0 Å². The number of aliphatic imine (C=N–C) groups is 1. The lowest BCUT2D eigenvalue weighted by Crippen LogP contribution is -2.10. The van der Waals surface area contributed by atoms with E-state index in [1.54, 1.807) is 18.3 Å². The molecule has 84 valence electrons. The van der Waals surface area contributed by atoms with E-state index < -0.39 is 0 Å². The quantitative estimate of drug-likeness (QED) is 0.587. The summed E-state index contributed by atoms with van der Waals surface area (Å²) in [6.07, 6.45) is 1.80. The summed E-state index contributed by atoms with van der Waals surface area (Å²) in [5.74, 6) is 0.285. The molecule has 0 radical (unpaired) electrons. The first-order valence-electron chi connectivity index (χ1n) is 5.26. The molecule has 1 aromatic carbocycles. The van der Waals surface area contributed by atoms with Crippen LogP contribution >= 0.6 is 0 Å². The summed E-state index contributed by atoms with van der Waals surface area (Å²) >= 11 is 0. The Kier molecular flexibility index (Phi) is 8.39. The van der Waals surface area contributed by atoms with Gasteiger partial charge in [-0.1, -0.05) is 13.8 Å². The molecule has 0 bridgehead atoms. The van der Waals surface area contributed by atoms with Gasteiger partial charge in [-0.2, -0.15) is 0 Å². The van der Waals surface area contributed by atoms with Crippen LogP contribution in [0.5, 0.6) is 5.75 Å². The number of rotatable bonds is 4. The van der Waals surface area contributed by atoms with Crippen molar-refractivity contribution in [3.05, 3.63) is 29.8 Å². The van der Waals surface area contributed by atoms with Crippen molar-refractivity contribution >= 4 is 6.21 Å². The molecule has 0 heterocycles. The molecule has 3 heteroatoms. The summed E-state index contributed by atoms with van der Waals surface area (Å²) in [7, 11) is 1.90. The van der Waals surface area contributed by atoms with E-state index in [4.69, 9.17) is 5.11 Å². The monoisotopic (exact) mass is 208 g/mol. The Labute approximate surface area is 91.9 Å². The Hall–Kier alpha value is -1.35. The highest BCUT2D eigenvalue weighted by Crippen LogP contribution is 2.07. The predicted octanol–water partition coefficient (Wildman–Crippen LogP) is 2.06. The van der Waals surface area contributed by atoms with E-state index in [0.29, 0.717) is 0 Å². The number of phenols is 1. The van der Waals surface area contributed by atoms with Gasteiger partial charge in [-0.3, -0.25) is 4.99 Å². The van der Waals surface area contributed by atoms with Crippen molar-refractivity contribution in [3.63, 3.8) is 0 Å². The second-order valence-corrected chi connectivity index (χ2v) is 2.73. The van der Waals surface area contributed by atoms with Crippen LogP contribution in [0.1, 0.15) is 19.4 Å². The average Bonchev–Trinajstić information content (AvgIpc) is 2.30. The first kappa shape index (κ1) is 13.7. The Morgan fingerprint density at radius 3 is 2.40 bits per heavy atom. The minimum atomic E-state index is 0.285. The lowest BCUT2D eigenvalue weighted by atomic mass is 10.2. The molecule has 0 atom stereocenters. The van der Waals surface area contributed by atoms with E-state index in [2.05, 4.69) is 10.3 Å². The van der Waals surface area contributed by atoms with E-state index in [-0.39, 0.29) is 5.75 Å². The van der Waals surface area contributed by atoms with Crippen LogP contribution in [0.4, 0.5) is 0 Å². The lowest BCUT2D eigenvalue weighted by molar-refractivity contribution is 0.475. The Morgan fingerprint density at radius 2 is 1.87 bits per heavy atom. The molecule has 0 unspecified atom stereocenters. The summed E-state index contributed by atoms with van der Waals surface area (Å²) in [4.78, 5) is 4.19. The molecule has 15 heavy (non-hydrogen) atoms. The van der Waals surface area contributed by atoms with Crippen LogP contribution in [0.3, 0.4) is 0 Å². The fourth-order valence-corrected chi connectivity index (χ4v) is 0.907. The summed E-state index contributed by atoms with van der Waals surface area (Å²) < 4.78 is 0. The molecule has 0 saturated carbocycles. The number of hydrogen-bond donors (Lipinski definition) is 2. The van der Waals surface area contributed by atoms with Crippen LogP contribution in [0.15, 0.2) is 29.3 Å². The van der Waals surface area contributed by atoms with Gasteiger partial charge in [0.2, 0.25) is 0 Å². The average molecular weight is 208 g/mol. The van der Waals surface area contributed by atoms with E-state index in [0.717, 1.165) is 18.7 Å². The highest BCUT2D eigenvalue weighted by Gasteiger charge is 1.87. The molecular weight excluding hydrogens is 188 g/mol. The van der Waals surface area contributed by atoms with Crippen LogP contribution in [0, 0.1) is 0 Å². The molecule has 3 nitrogen and oxygen atoms in total. The molecular formula is C12H20N2O. The SMILES string of the molecule is CC.CNCCN=Cc1ccc(O)cc1. The highest BCUT2D eigenvalue weighted by molar-refractivity contribution is 5.79. The second-order valence-electron chi connectivity index (χ2n) is 2.73. The van der Waals surface area contributed by atoms with Crippen molar-refractivity contribution < 1.29 is 5.11 Å². The second kappa shape index (κ2) is 9.21. The van der Waals surface area contributed by atoms with Crippen LogP contribution in [0.25, 0.3) is 0 Å². The van der Waals surface area contributed by atoms with E-state index >= 15 is 0 Å². The first-order chi connectivity index (χ1) is 7.33. The van der Waals surface area contributed by atoms with Crippen LogP contribution < -0.4 is 5.32 Å². The molecule has 1 rings (SSSR count). The molecule has 0 aliphatic carbocycles. The van der Waals surface area contributed by atoms with Crippen molar-refractivity contribution in [1.29, 1.82) is 0 Å². The molecule has 0 aliphatic heterocycles. The summed E-state index contributed by atoms with van der Waals surface area (Å²) in [5.41, 5.74) is 1.01. The zero-order valence-corrected chi connectivity index (χ0v) is 9.70. The van der Waals surface area contributed by atoms with Gasteiger partial charge in [-0.15, -0.1) is 0 Å². The number of likely N-dealkylation sites (N-methyl/N-ethyl adjacent to an activating group) is 1. The first-order valence-corrected chi connectivity index (χ1v) is 5.26. The largest absolute Gasteiger partial charge is 0.508 e. The van der Waals surface area contributed by atoms with Gasteiger partial charge in [0.1, 0.15) is 5.75 Å². The fourth-order valence-electron chi connectivity index (χ4n) is 0.907. The predicted molar refractivity (Wildman–Crippen MR) is 65.8 cm³/mol. The number of benzene rings is 1. The summed E-state index contributed by atoms with van der Waals surface area (Å²) in [6, 6.07) is 6.97. The molecule has 0 fully saturated rings. The van der Waals surface area contributed by atoms with Gasteiger partial charge in [0.05, 0.1) is 6.54 Å². The minimum Gasteiger partial charge on any atom is -0.508 e. The molecule has 0 amide bonds. The third-order valence-electron chi connectivity index (χ3n) is 1.62. The van der Waals surface area contributed by atoms with Gasteiger partial charge in [0, 0.05) is 12.8 Å². The molecule has 0 aromatic heterocycles. The Balaban J connectivity index is 0.000000921. The van der Waals surface area contributed by atoms with Gasteiger partial charge >= 0.3 is 0 Å². The van der Waals surface area contributed by atoms with Crippen molar-refractivity contribution in [2.24, 2.45) is 4.99 Å². The third kappa shape index (κ3) is 6.69. The van der Waals surface area contributed by atoms with Gasteiger partial charge < -0.3 is 10.4 Å². The Bertz CT molecular complexity index is 267. The number of hydrogen-bond acceptors (Lipinski definition) is 3. The van der Waals surface area contributed by atoms with E-state index in [9.17, 15) is 0 Å². The standard InChI is InChI=1S/C10H14N2O.C2H6/c1-11-6-7-12-8-9-2-4-10(13)5-3-9;1-2/h2-5,8,11,13H,6-7H2,1H3;1-2H3. The smallest absolute Gasteiger partial charge is 0.115 e. The number of phenolic OH excluding ortho intramolecular Hbond substituents is 1. The van der Waals surface area contributed by atoms with Gasteiger partial charge in [0.25, 0.3) is 0 Å². The topological polar surface area (TPSA) is 44.6 Å². The number of nitrogens with zero attached hydrogens (tertiary/aromatic N) is 1.